The summed E-state index contributed by atoms with van der Waals surface area (Å²) in [5.74, 6) is -0.332. The molecule has 7 nitrogen and oxygen atoms in total. The monoisotopic (exact) mass is 528 g/mol. The molecule has 1 rings (SSSR count). The summed E-state index contributed by atoms with van der Waals surface area (Å²) in [7, 11) is -2.43. The molecule has 0 saturated heterocycles. The van der Waals surface area contributed by atoms with Crippen molar-refractivity contribution in [2.24, 2.45) is 5.92 Å². The van der Waals surface area contributed by atoms with E-state index in [0.717, 1.165) is 23.6 Å². The largest absolute Gasteiger partial charge is 0.496 e. The van der Waals surface area contributed by atoms with Crippen molar-refractivity contribution >= 4 is 42.1 Å². The smallest absolute Gasteiger partial charge is 0.375 e. The van der Waals surface area contributed by atoms with Crippen molar-refractivity contribution in [3.8, 4) is 5.75 Å². The maximum atomic E-state index is 11.8. The Labute approximate surface area is 208 Å². The number of carboxylic acid groups (broad SMARTS) is 1. The summed E-state index contributed by atoms with van der Waals surface area (Å²) >= 11 is 0. The first-order valence-electron chi connectivity index (χ1n) is 11.7. The minimum absolute atomic E-state index is 0.116. The van der Waals surface area contributed by atoms with Gasteiger partial charge in [-0.3, -0.25) is 0 Å². The molecule has 1 aromatic rings. The van der Waals surface area contributed by atoms with Crippen LogP contribution in [-0.2, 0) is 28.9 Å². The molecule has 0 bridgehead atoms. The van der Waals surface area contributed by atoms with E-state index < -0.39 is 31.2 Å². The number of carboxylic acids is 1. The minimum Gasteiger partial charge on any atom is -0.496 e. The zero-order valence-corrected chi connectivity index (χ0v) is 26.0. The number of methoxy groups -OCH3 is 3. The highest BCUT2D eigenvalue weighted by molar-refractivity contribution is 6.94. The van der Waals surface area contributed by atoms with E-state index in [9.17, 15) is 9.90 Å². The van der Waals surface area contributed by atoms with Gasteiger partial charge in [-0.25, -0.2) is 4.79 Å². The molecule has 0 aliphatic rings. The van der Waals surface area contributed by atoms with Crippen LogP contribution in [0.5, 0.6) is 5.75 Å². The van der Waals surface area contributed by atoms with Gasteiger partial charge in [-0.05, 0) is 81.4 Å². The zero-order chi connectivity index (χ0) is 26.5. The summed E-state index contributed by atoms with van der Waals surface area (Å²) in [6.07, 6.45) is 1.67. The van der Waals surface area contributed by atoms with Gasteiger partial charge in [0.1, 0.15) is 5.75 Å². The van der Waals surface area contributed by atoms with Gasteiger partial charge in [0.05, 0.1) is 26.9 Å². The van der Waals surface area contributed by atoms with Crippen LogP contribution in [0.15, 0.2) is 17.9 Å². The Morgan fingerprint density at radius 1 is 0.912 bits per heavy atom. The summed E-state index contributed by atoms with van der Waals surface area (Å²) in [5.41, 5.74) is 1.51. The van der Waals surface area contributed by atoms with Crippen molar-refractivity contribution < 1.29 is 32.3 Å². The molecule has 0 heterocycles. The number of carbonyl (C=O) groups is 1. The topological polar surface area (TPSA) is 83.5 Å². The van der Waals surface area contributed by atoms with E-state index in [1.54, 1.807) is 7.11 Å². The lowest BCUT2D eigenvalue weighted by atomic mass is 9.98. The predicted molar refractivity (Wildman–Crippen MR) is 145 cm³/mol. The third-order valence-electron chi connectivity index (χ3n) is 4.98. The molecule has 1 N–H and O–H groups in total. The van der Waals surface area contributed by atoms with E-state index >= 15 is 0 Å². The van der Waals surface area contributed by atoms with Crippen LogP contribution < -0.4 is 9.92 Å². The van der Waals surface area contributed by atoms with Crippen molar-refractivity contribution in [2.45, 2.75) is 72.5 Å². The van der Waals surface area contributed by atoms with Crippen LogP contribution in [0, 0.1) is 5.92 Å². The van der Waals surface area contributed by atoms with Crippen LogP contribution in [0.25, 0.3) is 5.76 Å². The third-order valence-corrected chi connectivity index (χ3v) is 14.4. The quantitative estimate of drug-likeness (QED) is 0.211. The van der Waals surface area contributed by atoms with Crippen LogP contribution in [-0.4, -0.2) is 57.6 Å². The second kappa shape index (κ2) is 11.9. The van der Waals surface area contributed by atoms with Gasteiger partial charge < -0.3 is 27.5 Å². The van der Waals surface area contributed by atoms with Gasteiger partial charge in [0.25, 0.3) is 0 Å². The molecule has 0 atom stereocenters. The average Bonchev–Trinajstić information content (AvgIpc) is 2.66. The molecule has 0 fully saturated rings. The molecular formula is C24H44O7Si3. The van der Waals surface area contributed by atoms with E-state index in [1.807, 2.05) is 12.1 Å². The van der Waals surface area contributed by atoms with Gasteiger partial charge in [0, 0.05) is 0 Å². The maximum absolute atomic E-state index is 11.8. The van der Waals surface area contributed by atoms with Gasteiger partial charge >= 0.3 is 14.5 Å². The zero-order valence-electron chi connectivity index (χ0n) is 23.0. The molecular weight excluding hydrogens is 485 g/mol. The Kier molecular flexibility index (Phi) is 10.6. The summed E-state index contributed by atoms with van der Waals surface area (Å²) in [4.78, 5) is 11.8. The Bertz CT molecular complexity index is 868. The van der Waals surface area contributed by atoms with Crippen molar-refractivity contribution in [3.63, 3.8) is 0 Å². The fraction of sp³-hybridized carbons (Fsp3) is 0.625. The molecule has 0 radical (unpaired) electrons. The molecule has 0 aliphatic heterocycles. The molecule has 0 spiro atoms. The van der Waals surface area contributed by atoms with E-state index in [4.69, 9.17) is 22.4 Å². The van der Waals surface area contributed by atoms with Crippen molar-refractivity contribution in [2.75, 3.05) is 21.3 Å². The molecule has 0 amide bonds. The fourth-order valence-corrected chi connectivity index (χ4v) is 16.0. The second-order valence-corrected chi connectivity index (χ2v) is 23.4. The SMILES string of the molecule is COC(C(=O)O)=C(OC)c1ccc([Si](C)(O[Si](C)(C)C)O[Si](C)(C)C)c(CCC(C)C)c1OC. The third kappa shape index (κ3) is 8.26. The molecule has 10 heteroatoms. The minimum atomic E-state index is -2.85. The average molecular weight is 529 g/mol. The molecule has 34 heavy (non-hydrogen) atoms. The van der Waals surface area contributed by atoms with E-state index in [2.05, 4.69) is 59.7 Å². The molecule has 1 aromatic carbocycles. The summed E-state index contributed by atoms with van der Waals surface area (Å²) in [5, 5.41) is 10.7. The first kappa shape index (κ1) is 30.4. The lowest BCUT2D eigenvalue weighted by Gasteiger charge is -2.40. The Morgan fingerprint density at radius 3 is 1.79 bits per heavy atom. The number of benzene rings is 1. The van der Waals surface area contributed by atoms with E-state index in [0.29, 0.717) is 17.2 Å². The standard InChI is InChI=1S/C24H44O7Si3/c1-17(2)13-14-18-20(34(12,30-32(6,7)8)31-33(9,10)11)16-15-19(21(18)27-3)22(28-4)23(29-5)24(25)26/h15-17H,13-14H2,1-12H3,(H,25,26). The fourth-order valence-electron chi connectivity index (χ4n) is 4.05. The van der Waals surface area contributed by atoms with Crippen LogP contribution >= 0.6 is 0 Å². The highest BCUT2D eigenvalue weighted by atomic mass is 28.5. The summed E-state index contributed by atoms with van der Waals surface area (Å²) in [6.45, 7) is 19.5. The summed E-state index contributed by atoms with van der Waals surface area (Å²) < 4.78 is 30.3. The van der Waals surface area contributed by atoms with Crippen molar-refractivity contribution in [1.82, 2.24) is 0 Å². The van der Waals surface area contributed by atoms with Crippen LogP contribution in [0.1, 0.15) is 31.4 Å². The summed E-state index contributed by atoms with van der Waals surface area (Å²) in [6, 6.07) is 3.84. The van der Waals surface area contributed by atoms with Crippen molar-refractivity contribution in [1.29, 1.82) is 0 Å². The van der Waals surface area contributed by atoms with E-state index in [1.165, 1.54) is 14.2 Å². The van der Waals surface area contributed by atoms with Crippen LogP contribution in [0.4, 0.5) is 0 Å². The van der Waals surface area contributed by atoms with Gasteiger partial charge in [0.15, 0.2) is 22.4 Å². The Morgan fingerprint density at radius 2 is 1.44 bits per heavy atom. The predicted octanol–water partition coefficient (Wildman–Crippen LogP) is 5.31. The van der Waals surface area contributed by atoms with Crippen LogP contribution in [0.3, 0.4) is 0 Å². The maximum Gasteiger partial charge on any atom is 0.375 e. The first-order valence-corrected chi connectivity index (χ1v) is 20.8. The number of rotatable bonds is 13. The first-order chi connectivity index (χ1) is 15.5. The molecule has 0 unspecified atom stereocenters. The highest BCUT2D eigenvalue weighted by Gasteiger charge is 2.44. The second-order valence-electron chi connectivity index (χ2n) is 10.9. The van der Waals surface area contributed by atoms with Gasteiger partial charge in [0.2, 0.25) is 5.76 Å². The van der Waals surface area contributed by atoms with Gasteiger partial charge in [-0.15, -0.1) is 0 Å². The lowest BCUT2D eigenvalue weighted by molar-refractivity contribution is -0.136. The number of aliphatic carboxylic acids is 1. The van der Waals surface area contributed by atoms with Crippen LogP contribution in [0.2, 0.25) is 45.8 Å². The normalized spacial score (nSPS) is 13.6. The number of ether oxygens (including phenoxy) is 3. The Balaban J connectivity index is 4.03. The Hall–Kier alpha value is -1.60. The highest BCUT2D eigenvalue weighted by Crippen LogP contribution is 2.35. The van der Waals surface area contributed by atoms with Crippen molar-refractivity contribution in [3.05, 3.63) is 29.0 Å². The molecule has 0 aliphatic carbocycles. The lowest BCUT2D eigenvalue weighted by Crippen LogP contribution is -2.61. The molecule has 0 saturated carbocycles. The molecule has 194 valence electrons. The van der Waals surface area contributed by atoms with Gasteiger partial charge in [-0.2, -0.15) is 0 Å². The van der Waals surface area contributed by atoms with Gasteiger partial charge in [-0.1, -0.05) is 19.9 Å². The van der Waals surface area contributed by atoms with E-state index in [-0.39, 0.29) is 11.5 Å². The molecule has 0 aromatic heterocycles. The number of hydrogen-bond donors (Lipinski definition) is 1. The number of hydrogen-bond acceptors (Lipinski definition) is 6.